The van der Waals surface area contributed by atoms with E-state index in [-0.39, 0.29) is 10.9 Å². The average molecular weight is 273 g/mol. The van der Waals surface area contributed by atoms with Gasteiger partial charge in [0.2, 0.25) is 10.0 Å². The van der Waals surface area contributed by atoms with E-state index in [1.165, 1.54) is 19.2 Å². The quantitative estimate of drug-likeness (QED) is 0.815. The van der Waals surface area contributed by atoms with Crippen LogP contribution >= 0.6 is 0 Å². The van der Waals surface area contributed by atoms with Gasteiger partial charge in [-0.25, -0.2) is 13.1 Å². The fourth-order valence-electron chi connectivity index (χ4n) is 1.50. The van der Waals surface area contributed by atoms with Gasteiger partial charge in [0.15, 0.2) is 0 Å². The molecule has 0 bridgehead atoms. The minimum Gasteiger partial charge on any atom is -0.494 e. The molecule has 1 N–H and O–H groups in total. The molecule has 1 unspecified atom stereocenters. The van der Waals surface area contributed by atoms with Crippen molar-refractivity contribution in [1.29, 1.82) is 0 Å². The number of sulfonamides is 1. The van der Waals surface area contributed by atoms with Crippen molar-refractivity contribution < 1.29 is 17.9 Å². The Kier molecular flexibility index (Phi) is 5.58. The minimum absolute atomic E-state index is 0.217. The number of benzene rings is 1. The van der Waals surface area contributed by atoms with Gasteiger partial charge >= 0.3 is 0 Å². The molecule has 0 spiro atoms. The maximum Gasteiger partial charge on any atom is 0.240 e. The van der Waals surface area contributed by atoms with Crippen LogP contribution < -0.4 is 9.46 Å². The van der Waals surface area contributed by atoms with Crippen molar-refractivity contribution in [2.24, 2.45) is 0 Å². The highest BCUT2D eigenvalue weighted by atomic mass is 32.2. The molecule has 0 amide bonds. The second-order valence-corrected chi connectivity index (χ2v) is 5.60. The van der Waals surface area contributed by atoms with Crippen molar-refractivity contribution in [3.8, 4) is 5.75 Å². The summed E-state index contributed by atoms with van der Waals surface area (Å²) in [5.74, 6) is 0.654. The van der Waals surface area contributed by atoms with Gasteiger partial charge in [-0.05, 0) is 38.1 Å². The van der Waals surface area contributed by atoms with Crippen molar-refractivity contribution in [3.05, 3.63) is 24.3 Å². The number of nitrogens with one attached hydrogen (secondary N) is 1. The molecule has 0 aromatic heterocycles. The predicted molar refractivity (Wildman–Crippen MR) is 69.3 cm³/mol. The summed E-state index contributed by atoms with van der Waals surface area (Å²) >= 11 is 0. The summed E-state index contributed by atoms with van der Waals surface area (Å²) in [5, 5.41) is 0. The second-order valence-electron chi connectivity index (χ2n) is 3.88. The summed E-state index contributed by atoms with van der Waals surface area (Å²) in [5.41, 5.74) is 0. The van der Waals surface area contributed by atoms with E-state index in [2.05, 4.69) is 4.72 Å². The van der Waals surface area contributed by atoms with Gasteiger partial charge in [-0.15, -0.1) is 0 Å². The minimum atomic E-state index is -3.50. The Labute approximate surface area is 108 Å². The number of hydrogen-bond donors (Lipinski definition) is 1. The van der Waals surface area contributed by atoms with Crippen molar-refractivity contribution in [2.45, 2.75) is 24.8 Å². The molecule has 1 aromatic carbocycles. The molecule has 1 rings (SSSR count). The molecule has 5 nitrogen and oxygen atoms in total. The van der Waals surface area contributed by atoms with E-state index in [0.29, 0.717) is 19.0 Å². The summed E-state index contributed by atoms with van der Waals surface area (Å²) in [7, 11) is -1.97. The molecule has 0 fully saturated rings. The first-order valence-electron chi connectivity index (χ1n) is 5.73. The Balaban J connectivity index is 2.78. The molecule has 0 aliphatic rings. The van der Waals surface area contributed by atoms with Crippen LogP contribution in [0.2, 0.25) is 0 Å². The Morgan fingerprint density at radius 2 is 1.89 bits per heavy atom. The maximum absolute atomic E-state index is 12.0. The van der Waals surface area contributed by atoms with E-state index >= 15 is 0 Å². The van der Waals surface area contributed by atoms with E-state index in [1.807, 2.05) is 6.92 Å². The standard InChI is InChI=1S/C12H19NO4S/c1-4-17-11-5-7-12(8-6-11)18(14,15)13-10(2)9-16-3/h5-8,10,13H,4,9H2,1-3H3. The normalized spacial score (nSPS) is 13.3. The third kappa shape index (κ3) is 4.29. The maximum atomic E-state index is 12.0. The average Bonchev–Trinajstić information content (AvgIpc) is 2.29. The number of rotatable bonds is 7. The van der Waals surface area contributed by atoms with Crippen molar-refractivity contribution in [1.82, 2.24) is 4.72 Å². The predicted octanol–water partition coefficient (Wildman–Crippen LogP) is 1.40. The highest BCUT2D eigenvalue weighted by Gasteiger charge is 2.17. The van der Waals surface area contributed by atoms with Gasteiger partial charge in [0.05, 0.1) is 18.1 Å². The van der Waals surface area contributed by atoms with Crippen LogP contribution in [0.1, 0.15) is 13.8 Å². The number of ether oxygens (including phenoxy) is 2. The Hall–Kier alpha value is -1.11. The monoisotopic (exact) mass is 273 g/mol. The molecular weight excluding hydrogens is 254 g/mol. The first-order chi connectivity index (χ1) is 8.49. The van der Waals surface area contributed by atoms with Crippen molar-refractivity contribution in [3.63, 3.8) is 0 Å². The van der Waals surface area contributed by atoms with E-state index in [1.54, 1.807) is 19.1 Å². The zero-order chi connectivity index (χ0) is 13.6. The second kappa shape index (κ2) is 6.72. The van der Waals surface area contributed by atoms with Crippen LogP contribution in [0.25, 0.3) is 0 Å². The van der Waals surface area contributed by atoms with Gasteiger partial charge in [-0.3, -0.25) is 0 Å². The molecule has 0 heterocycles. The third-order valence-electron chi connectivity index (χ3n) is 2.22. The van der Waals surface area contributed by atoms with Gasteiger partial charge in [0.1, 0.15) is 5.75 Å². The van der Waals surface area contributed by atoms with Gasteiger partial charge in [0.25, 0.3) is 0 Å². The lowest BCUT2D eigenvalue weighted by molar-refractivity contribution is 0.180. The van der Waals surface area contributed by atoms with E-state index < -0.39 is 10.0 Å². The Morgan fingerprint density at radius 1 is 1.28 bits per heavy atom. The lowest BCUT2D eigenvalue weighted by atomic mass is 10.3. The fraction of sp³-hybridized carbons (Fsp3) is 0.500. The highest BCUT2D eigenvalue weighted by Crippen LogP contribution is 2.16. The Bertz CT molecular complexity index is 455. The lowest BCUT2D eigenvalue weighted by Gasteiger charge is -2.13. The van der Waals surface area contributed by atoms with Crippen LogP contribution in [0.15, 0.2) is 29.2 Å². The molecule has 18 heavy (non-hydrogen) atoms. The van der Waals surface area contributed by atoms with Gasteiger partial charge < -0.3 is 9.47 Å². The molecule has 0 aliphatic heterocycles. The third-order valence-corrected chi connectivity index (χ3v) is 3.82. The molecule has 0 saturated heterocycles. The van der Waals surface area contributed by atoms with Crippen LogP contribution in [0.3, 0.4) is 0 Å². The van der Waals surface area contributed by atoms with E-state index in [4.69, 9.17) is 9.47 Å². The summed E-state index contributed by atoms with van der Waals surface area (Å²) in [6.07, 6.45) is 0. The molecule has 1 aromatic rings. The summed E-state index contributed by atoms with van der Waals surface area (Å²) in [4.78, 5) is 0.217. The molecule has 6 heteroatoms. The topological polar surface area (TPSA) is 64.6 Å². The van der Waals surface area contributed by atoms with E-state index in [9.17, 15) is 8.42 Å². The summed E-state index contributed by atoms with van der Waals surface area (Å²) in [6, 6.07) is 6.05. The summed E-state index contributed by atoms with van der Waals surface area (Å²) < 4.78 is 36.6. The van der Waals surface area contributed by atoms with Crippen molar-refractivity contribution >= 4 is 10.0 Å². The fourth-order valence-corrected chi connectivity index (χ4v) is 2.73. The van der Waals surface area contributed by atoms with Crippen LogP contribution in [0, 0.1) is 0 Å². The van der Waals surface area contributed by atoms with Gasteiger partial charge in [-0.2, -0.15) is 0 Å². The largest absolute Gasteiger partial charge is 0.494 e. The molecule has 1 atom stereocenters. The van der Waals surface area contributed by atoms with Crippen LogP contribution in [-0.4, -0.2) is 34.8 Å². The van der Waals surface area contributed by atoms with Crippen molar-refractivity contribution in [2.75, 3.05) is 20.3 Å². The summed E-state index contributed by atoms with van der Waals surface area (Å²) in [6.45, 7) is 4.50. The number of hydrogen-bond acceptors (Lipinski definition) is 4. The highest BCUT2D eigenvalue weighted by molar-refractivity contribution is 7.89. The molecular formula is C12H19NO4S. The Morgan fingerprint density at radius 3 is 2.39 bits per heavy atom. The van der Waals surface area contributed by atoms with Crippen LogP contribution in [0.5, 0.6) is 5.75 Å². The SMILES string of the molecule is CCOc1ccc(S(=O)(=O)NC(C)COC)cc1. The smallest absolute Gasteiger partial charge is 0.240 e. The first-order valence-corrected chi connectivity index (χ1v) is 7.22. The van der Waals surface area contributed by atoms with E-state index in [0.717, 1.165) is 0 Å². The molecule has 0 aliphatic carbocycles. The zero-order valence-corrected chi connectivity index (χ0v) is 11.7. The van der Waals surface area contributed by atoms with Gasteiger partial charge in [0, 0.05) is 13.2 Å². The van der Waals surface area contributed by atoms with Crippen LogP contribution in [-0.2, 0) is 14.8 Å². The first kappa shape index (κ1) is 14.9. The molecule has 0 radical (unpaired) electrons. The molecule has 102 valence electrons. The molecule has 0 saturated carbocycles. The zero-order valence-electron chi connectivity index (χ0n) is 10.8. The van der Waals surface area contributed by atoms with Gasteiger partial charge in [-0.1, -0.05) is 0 Å². The lowest BCUT2D eigenvalue weighted by Crippen LogP contribution is -2.35. The number of methoxy groups -OCH3 is 1. The van der Waals surface area contributed by atoms with Crippen LogP contribution in [0.4, 0.5) is 0 Å².